The fraction of sp³-hybridized carbons (Fsp3) is 0.467. The molecule has 0 spiro atoms. The van der Waals surface area contributed by atoms with E-state index in [1.165, 1.54) is 11.8 Å². The van der Waals surface area contributed by atoms with E-state index in [0.29, 0.717) is 11.7 Å². The van der Waals surface area contributed by atoms with E-state index in [2.05, 4.69) is 23.4 Å². The molecule has 5 nitrogen and oxygen atoms in total. The minimum atomic E-state index is -0.839. The van der Waals surface area contributed by atoms with Crippen molar-refractivity contribution in [1.29, 1.82) is 0 Å². The maximum Gasteiger partial charge on any atom is 0.313 e. The molecule has 0 saturated heterocycles. The van der Waals surface area contributed by atoms with Crippen LogP contribution in [0.5, 0.6) is 5.75 Å². The second kappa shape index (κ2) is 6.85. The summed E-state index contributed by atoms with van der Waals surface area (Å²) in [5.74, 6) is 0.381. The molecule has 1 aromatic heterocycles. The summed E-state index contributed by atoms with van der Waals surface area (Å²) < 4.78 is 7.45. The van der Waals surface area contributed by atoms with Crippen LogP contribution in [0.3, 0.4) is 0 Å². The van der Waals surface area contributed by atoms with Gasteiger partial charge in [0.25, 0.3) is 0 Å². The van der Waals surface area contributed by atoms with Crippen molar-refractivity contribution in [2.45, 2.75) is 32.0 Å². The maximum atomic E-state index is 10.8. The van der Waals surface area contributed by atoms with E-state index in [0.717, 1.165) is 29.2 Å². The molecule has 0 amide bonds. The number of methoxy groups -OCH3 is 1. The quantitative estimate of drug-likeness (QED) is 0.795. The van der Waals surface area contributed by atoms with Crippen LogP contribution in [0.15, 0.2) is 23.4 Å². The Morgan fingerprint density at radius 2 is 2.29 bits per heavy atom. The number of para-hydroxylation sites is 1. The van der Waals surface area contributed by atoms with Gasteiger partial charge >= 0.3 is 5.97 Å². The molecule has 1 unspecified atom stereocenters. The molecule has 0 aliphatic carbocycles. The van der Waals surface area contributed by atoms with E-state index >= 15 is 0 Å². The Labute approximate surface area is 128 Å². The maximum absolute atomic E-state index is 10.8. The second-order valence-electron chi connectivity index (χ2n) is 5.03. The molecule has 0 fully saturated rings. The Bertz CT molecular complexity index is 639. The number of imidazole rings is 1. The van der Waals surface area contributed by atoms with E-state index in [9.17, 15) is 4.79 Å². The number of hydrogen-bond donors (Lipinski definition) is 1. The van der Waals surface area contributed by atoms with Crippen molar-refractivity contribution >= 4 is 28.8 Å². The van der Waals surface area contributed by atoms with Crippen LogP contribution in [0.2, 0.25) is 0 Å². The highest BCUT2D eigenvalue weighted by molar-refractivity contribution is 7.99. The fourth-order valence-electron chi connectivity index (χ4n) is 2.12. The van der Waals surface area contributed by atoms with Crippen molar-refractivity contribution in [2.24, 2.45) is 5.92 Å². The summed E-state index contributed by atoms with van der Waals surface area (Å²) in [6.07, 6.45) is 1.06. The molecule has 21 heavy (non-hydrogen) atoms. The third-order valence-corrected chi connectivity index (χ3v) is 4.40. The largest absolute Gasteiger partial charge is 0.494 e. The highest BCUT2D eigenvalue weighted by atomic mass is 32.2. The highest BCUT2D eigenvalue weighted by Crippen LogP contribution is 2.30. The van der Waals surface area contributed by atoms with Crippen molar-refractivity contribution in [3.05, 3.63) is 18.2 Å². The van der Waals surface area contributed by atoms with Crippen LogP contribution in [0, 0.1) is 5.92 Å². The predicted octanol–water partition coefficient (Wildman–Crippen LogP) is 3.27. The molecule has 1 N–H and O–H groups in total. The van der Waals surface area contributed by atoms with Crippen molar-refractivity contribution in [3.8, 4) is 5.75 Å². The molecule has 0 bridgehead atoms. The monoisotopic (exact) mass is 308 g/mol. The highest BCUT2D eigenvalue weighted by Gasteiger charge is 2.16. The molecule has 1 aromatic carbocycles. The van der Waals surface area contributed by atoms with E-state index in [4.69, 9.17) is 9.84 Å². The van der Waals surface area contributed by atoms with Crippen molar-refractivity contribution in [3.63, 3.8) is 0 Å². The molecular formula is C15H20N2O3S. The van der Waals surface area contributed by atoms with E-state index in [1.807, 2.05) is 18.2 Å². The Kier molecular flexibility index (Phi) is 5.12. The molecule has 2 rings (SSSR count). The summed E-state index contributed by atoms with van der Waals surface area (Å²) in [7, 11) is 1.62. The lowest BCUT2D eigenvalue weighted by atomic mass is 10.1. The normalized spacial score (nSPS) is 12.5. The zero-order valence-corrected chi connectivity index (χ0v) is 13.3. The van der Waals surface area contributed by atoms with E-state index in [1.54, 1.807) is 7.11 Å². The summed E-state index contributed by atoms with van der Waals surface area (Å²) in [4.78, 5) is 15.4. The Balaban J connectivity index is 2.48. The first-order chi connectivity index (χ1) is 10.1. The number of carboxylic acid groups (broad SMARTS) is 1. The Hall–Kier alpha value is -1.69. The number of carboxylic acids is 1. The number of hydrogen-bond acceptors (Lipinski definition) is 4. The SMILES string of the molecule is CCC(C)Cn1c(SCC(=O)O)nc2c(OC)cccc21. The van der Waals surface area contributed by atoms with Crippen LogP contribution in [-0.4, -0.2) is 33.5 Å². The van der Waals surface area contributed by atoms with Crippen LogP contribution < -0.4 is 4.74 Å². The smallest absolute Gasteiger partial charge is 0.313 e. The number of fused-ring (bicyclic) bond motifs is 1. The summed E-state index contributed by atoms with van der Waals surface area (Å²) >= 11 is 1.25. The fourth-order valence-corrected chi connectivity index (χ4v) is 2.86. The van der Waals surface area contributed by atoms with Crippen molar-refractivity contribution in [1.82, 2.24) is 9.55 Å². The average Bonchev–Trinajstić information content (AvgIpc) is 2.82. The molecular weight excluding hydrogens is 288 g/mol. The summed E-state index contributed by atoms with van der Waals surface area (Å²) in [5, 5.41) is 9.62. The van der Waals surface area contributed by atoms with E-state index < -0.39 is 5.97 Å². The van der Waals surface area contributed by atoms with Gasteiger partial charge in [0.15, 0.2) is 5.16 Å². The number of thioether (sulfide) groups is 1. The minimum Gasteiger partial charge on any atom is -0.494 e. The molecule has 0 aliphatic rings. The van der Waals surface area contributed by atoms with Gasteiger partial charge in [-0.05, 0) is 18.1 Å². The van der Waals surface area contributed by atoms with Gasteiger partial charge in [-0.25, -0.2) is 4.98 Å². The molecule has 1 heterocycles. The topological polar surface area (TPSA) is 64.4 Å². The van der Waals surface area contributed by atoms with Gasteiger partial charge in [0, 0.05) is 6.54 Å². The van der Waals surface area contributed by atoms with Crippen LogP contribution in [0.1, 0.15) is 20.3 Å². The van der Waals surface area contributed by atoms with Gasteiger partial charge in [-0.2, -0.15) is 0 Å². The Morgan fingerprint density at radius 3 is 2.90 bits per heavy atom. The number of aromatic nitrogens is 2. The molecule has 1 atom stereocenters. The average molecular weight is 308 g/mol. The predicted molar refractivity (Wildman–Crippen MR) is 84.1 cm³/mol. The van der Waals surface area contributed by atoms with E-state index in [-0.39, 0.29) is 5.75 Å². The standard InChI is InChI=1S/C15H20N2O3S/c1-4-10(2)8-17-11-6-5-7-12(20-3)14(11)16-15(17)21-9-13(18)19/h5-7,10H,4,8-9H2,1-3H3,(H,18,19). The molecule has 0 saturated carbocycles. The molecule has 6 heteroatoms. The van der Waals surface area contributed by atoms with Gasteiger partial charge in [0.2, 0.25) is 0 Å². The van der Waals surface area contributed by atoms with Gasteiger partial charge < -0.3 is 14.4 Å². The van der Waals surface area contributed by atoms with Gasteiger partial charge in [-0.3, -0.25) is 4.79 Å². The van der Waals surface area contributed by atoms with Crippen LogP contribution >= 0.6 is 11.8 Å². The van der Waals surface area contributed by atoms with Crippen molar-refractivity contribution in [2.75, 3.05) is 12.9 Å². The second-order valence-corrected chi connectivity index (χ2v) is 5.97. The van der Waals surface area contributed by atoms with Crippen molar-refractivity contribution < 1.29 is 14.6 Å². The van der Waals surface area contributed by atoms with Crippen LogP contribution in [0.4, 0.5) is 0 Å². The number of nitrogens with zero attached hydrogens (tertiary/aromatic N) is 2. The number of rotatable bonds is 7. The summed E-state index contributed by atoms with van der Waals surface area (Å²) in [5.41, 5.74) is 1.78. The molecule has 0 radical (unpaired) electrons. The molecule has 0 aliphatic heterocycles. The summed E-state index contributed by atoms with van der Waals surface area (Å²) in [6.45, 7) is 5.15. The van der Waals surface area contributed by atoms with Gasteiger partial charge in [-0.15, -0.1) is 0 Å². The third-order valence-electron chi connectivity index (χ3n) is 3.44. The molecule has 2 aromatic rings. The lowest BCUT2D eigenvalue weighted by Crippen LogP contribution is -2.09. The third kappa shape index (κ3) is 3.50. The number of aliphatic carboxylic acids is 1. The number of ether oxygens (including phenoxy) is 1. The number of carbonyl (C=O) groups is 1. The first kappa shape index (κ1) is 15.7. The van der Waals surface area contributed by atoms with Gasteiger partial charge in [0.1, 0.15) is 11.3 Å². The lowest BCUT2D eigenvalue weighted by Gasteiger charge is -2.13. The summed E-state index contributed by atoms with van der Waals surface area (Å²) in [6, 6.07) is 5.80. The molecule has 114 valence electrons. The minimum absolute atomic E-state index is 0.00609. The van der Waals surface area contributed by atoms with Crippen LogP contribution in [-0.2, 0) is 11.3 Å². The Morgan fingerprint density at radius 1 is 1.52 bits per heavy atom. The zero-order valence-electron chi connectivity index (χ0n) is 12.5. The van der Waals surface area contributed by atoms with Gasteiger partial charge in [-0.1, -0.05) is 38.1 Å². The number of benzene rings is 1. The first-order valence-corrected chi connectivity index (χ1v) is 7.93. The first-order valence-electron chi connectivity index (χ1n) is 6.94. The lowest BCUT2D eigenvalue weighted by molar-refractivity contribution is -0.133. The van der Waals surface area contributed by atoms with Gasteiger partial charge in [0.05, 0.1) is 18.4 Å². The van der Waals surface area contributed by atoms with Crippen LogP contribution in [0.25, 0.3) is 11.0 Å². The zero-order chi connectivity index (χ0) is 15.4.